The van der Waals surface area contributed by atoms with E-state index in [9.17, 15) is 0 Å². The number of hydrogen-bond acceptors (Lipinski definition) is 3. The third kappa shape index (κ3) is 1.88. The van der Waals surface area contributed by atoms with Crippen molar-refractivity contribution in [3.8, 4) is 5.75 Å². The number of methoxy groups -OCH3 is 1. The van der Waals surface area contributed by atoms with E-state index in [1.54, 1.807) is 7.11 Å². The van der Waals surface area contributed by atoms with E-state index in [0.29, 0.717) is 5.92 Å². The van der Waals surface area contributed by atoms with Gasteiger partial charge in [-0.15, -0.1) is 5.10 Å². The average molecular weight is 331 g/mol. The Kier molecular flexibility index (Phi) is 3.32. The largest absolute Gasteiger partial charge is 0.493 e. The van der Waals surface area contributed by atoms with Crippen molar-refractivity contribution in [2.75, 3.05) is 7.11 Å². The summed E-state index contributed by atoms with van der Waals surface area (Å²) in [4.78, 5) is 4.54. The quantitative estimate of drug-likeness (QED) is 0.641. The first-order valence-corrected chi connectivity index (χ1v) is 6.34. The highest BCUT2D eigenvalue weighted by Crippen LogP contribution is 2.23. The Hall–Kier alpha value is -0.850. The van der Waals surface area contributed by atoms with Crippen LogP contribution in [0.25, 0.3) is 5.65 Å². The van der Waals surface area contributed by atoms with E-state index in [2.05, 4.69) is 46.5 Å². The van der Waals surface area contributed by atoms with E-state index in [1.807, 2.05) is 16.6 Å². The molecule has 0 amide bonds. The van der Waals surface area contributed by atoms with Gasteiger partial charge in [0.05, 0.1) is 7.11 Å². The molecule has 0 N–H and O–H groups in total. The standard InChI is InChI=1S/C11H14IN3O/c1-4-7(2)10-13-11-8(16-3)5-6-9(12)15(11)14-10/h5-7H,4H2,1-3H3. The third-order valence-corrected chi connectivity index (χ3v) is 3.51. The lowest BCUT2D eigenvalue weighted by Crippen LogP contribution is -1.97. The molecular weight excluding hydrogens is 317 g/mol. The highest BCUT2D eigenvalue weighted by Gasteiger charge is 2.14. The van der Waals surface area contributed by atoms with Crippen molar-refractivity contribution in [1.29, 1.82) is 0 Å². The van der Waals surface area contributed by atoms with Gasteiger partial charge in [0.25, 0.3) is 0 Å². The van der Waals surface area contributed by atoms with Crippen LogP contribution >= 0.6 is 22.6 Å². The Bertz CT molecular complexity index is 509. The predicted octanol–water partition coefficient (Wildman–Crippen LogP) is 2.86. The summed E-state index contributed by atoms with van der Waals surface area (Å²) in [7, 11) is 1.65. The smallest absolute Gasteiger partial charge is 0.199 e. The molecule has 16 heavy (non-hydrogen) atoms. The fourth-order valence-corrected chi connectivity index (χ4v) is 1.99. The van der Waals surface area contributed by atoms with E-state index in [1.165, 1.54) is 0 Å². The van der Waals surface area contributed by atoms with Crippen LogP contribution in [0.5, 0.6) is 5.75 Å². The highest BCUT2D eigenvalue weighted by molar-refractivity contribution is 14.1. The first-order valence-electron chi connectivity index (χ1n) is 5.26. The average Bonchev–Trinajstić information content (AvgIpc) is 2.74. The molecule has 0 aliphatic heterocycles. The number of aromatic nitrogens is 3. The second kappa shape index (κ2) is 4.57. The zero-order valence-electron chi connectivity index (χ0n) is 9.57. The third-order valence-electron chi connectivity index (χ3n) is 2.69. The van der Waals surface area contributed by atoms with E-state index < -0.39 is 0 Å². The number of fused-ring (bicyclic) bond motifs is 1. The van der Waals surface area contributed by atoms with Crippen LogP contribution in [-0.2, 0) is 0 Å². The van der Waals surface area contributed by atoms with Crippen molar-refractivity contribution in [3.05, 3.63) is 21.7 Å². The Morgan fingerprint density at radius 1 is 1.50 bits per heavy atom. The summed E-state index contributed by atoms with van der Waals surface area (Å²) in [6.07, 6.45) is 1.04. The fourth-order valence-electron chi connectivity index (χ4n) is 1.48. The molecular formula is C11H14IN3O. The maximum absolute atomic E-state index is 5.28. The van der Waals surface area contributed by atoms with Gasteiger partial charge in [-0.1, -0.05) is 13.8 Å². The molecule has 0 fully saturated rings. The molecule has 2 heterocycles. The summed E-state index contributed by atoms with van der Waals surface area (Å²) in [5.41, 5.74) is 0.796. The molecule has 1 atom stereocenters. The van der Waals surface area contributed by atoms with Crippen molar-refractivity contribution >= 4 is 28.2 Å². The lowest BCUT2D eigenvalue weighted by molar-refractivity contribution is 0.416. The lowest BCUT2D eigenvalue weighted by atomic mass is 10.1. The normalized spacial score (nSPS) is 13.0. The van der Waals surface area contributed by atoms with Crippen LogP contribution in [0, 0.1) is 3.70 Å². The Labute approximate surface area is 108 Å². The molecule has 86 valence electrons. The van der Waals surface area contributed by atoms with Gasteiger partial charge >= 0.3 is 0 Å². The van der Waals surface area contributed by atoms with Crippen molar-refractivity contribution in [1.82, 2.24) is 14.6 Å². The molecule has 0 saturated carbocycles. The van der Waals surface area contributed by atoms with Gasteiger partial charge in [-0.05, 0) is 41.1 Å². The SMILES string of the molecule is CCC(C)c1nc2c(OC)ccc(I)n2n1. The van der Waals surface area contributed by atoms with Crippen LogP contribution in [0.3, 0.4) is 0 Å². The molecule has 0 radical (unpaired) electrons. The minimum atomic E-state index is 0.375. The number of rotatable bonds is 3. The minimum Gasteiger partial charge on any atom is -0.493 e. The van der Waals surface area contributed by atoms with E-state index in [-0.39, 0.29) is 0 Å². The topological polar surface area (TPSA) is 39.4 Å². The summed E-state index contributed by atoms with van der Waals surface area (Å²) in [5, 5.41) is 4.51. The second-order valence-corrected chi connectivity index (χ2v) is 4.84. The first kappa shape index (κ1) is 11.6. The molecule has 0 aliphatic carbocycles. The maximum atomic E-state index is 5.28. The lowest BCUT2D eigenvalue weighted by Gasteiger charge is -2.01. The highest BCUT2D eigenvalue weighted by atomic mass is 127. The van der Waals surface area contributed by atoms with Crippen molar-refractivity contribution in [2.45, 2.75) is 26.2 Å². The van der Waals surface area contributed by atoms with Crippen LogP contribution in [0.1, 0.15) is 32.0 Å². The second-order valence-electron chi connectivity index (χ2n) is 3.74. The minimum absolute atomic E-state index is 0.375. The molecule has 4 nitrogen and oxygen atoms in total. The molecule has 0 bridgehead atoms. The molecule has 2 aromatic rings. The van der Waals surface area contributed by atoms with Gasteiger partial charge in [0.1, 0.15) is 3.70 Å². The Morgan fingerprint density at radius 3 is 2.88 bits per heavy atom. The first-order chi connectivity index (χ1) is 7.67. The number of nitrogens with zero attached hydrogens (tertiary/aromatic N) is 3. The van der Waals surface area contributed by atoms with Gasteiger partial charge in [0, 0.05) is 5.92 Å². The molecule has 2 rings (SSSR count). The Morgan fingerprint density at radius 2 is 2.25 bits per heavy atom. The molecule has 0 saturated heterocycles. The summed E-state index contributed by atoms with van der Waals surface area (Å²) < 4.78 is 8.15. The van der Waals surface area contributed by atoms with E-state index >= 15 is 0 Å². The van der Waals surface area contributed by atoms with Crippen LogP contribution < -0.4 is 4.74 Å². The van der Waals surface area contributed by atoms with Gasteiger partial charge in [0.15, 0.2) is 17.2 Å². The zero-order valence-corrected chi connectivity index (χ0v) is 11.7. The molecule has 1 unspecified atom stereocenters. The monoisotopic (exact) mass is 331 g/mol. The van der Waals surface area contributed by atoms with Crippen LogP contribution in [0.2, 0.25) is 0 Å². The van der Waals surface area contributed by atoms with Gasteiger partial charge in [-0.25, -0.2) is 9.50 Å². The van der Waals surface area contributed by atoms with Crippen molar-refractivity contribution < 1.29 is 4.74 Å². The van der Waals surface area contributed by atoms with Crippen molar-refractivity contribution in [3.63, 3.8) is 0 Å². The van der Waals surface area contributed by atoms with Crippen LogP contribution in [0.15, 0.2) is 12.1 Å². The number of pyridine rings is 1. The molecule has 0 aliphatic rings. The molecule has 0 spiro atoms. The number of ether oxygens (including phenoxy) is 1. The number of hydrogen-bond donors (Lipinski definition) is 0. The fraction of sp³-hybridized carbons (Fsp3) is 0.455. The maximum Gasteiger partial charge on any atom is 0.199 e. The van der Waals surface area contributed by atoms with E-state index in [4.69, 9.17) is 4.74 Å². The number of halogens is 1. The van der Waals surface area contributed by atoms with E-state index in [0.717, 1.165) is 27.3 Å². The molecule has 2 aromatic heterocycles. The predicted molar refractivity (Wildman–Crippen MR) is 71.0 cm³/mol. The van der Waals surface area contributed by atoms with Gasteiger partial charge in [-0.3, -0.25) is 0 Å². The van der Waals surface area contributed by atoms with Gasteiger partial charge < -0.3 is 4.74 Å². The zero-order chi connectivity index (χ0) is 11.7. The van der Waals surface area contributed by atoms with Gasteiger partial charge in [-0.2, -0.15) is 0 Å². The van der Waals surface area contributed by atoms with Crippen LogP contribution in [0.4, 0.5) is 0 Å². The van der Waals surface area contributed by atoms with Crippen LogP contribution in [-0.4, -0.2) is 21.7 Å². The summed E-state index contributed by atoms with van der Waals surface area (Å²) in [6.45, 7) is 4.27. The Balaban J connectivity index is 2.63. The van der Waals surface area contributed by atoms with Gasteiger partial charge in [0.2, 0.25) is 0 Å². The van der Waals surface area contributed by atoms with Crippen molar-refractivity contribution in [2.24, 2.45) is 0 Å². The summed E-state index contributed by atoms with van der Waals surface area (Å²) >= 11 is 2.24. The summed E-state index contributed by atoms with van der Waals surface area (Å²) in [6, 6.07) is 3.90. The molecule has 5 heteroatoms. The molecule has 0 aromatic carbocycles. The summed E-state index contributed by atoms with van der Waals surface area (Å²) in [5.74, 6) is 2.02.